The number of anilines is 1. The molecule has 2 atom stereocenters. The zero-order valence-electron chi connectivity index (χ0n) is 15.9. The first kappa shape index (κ1) is 21.7. The van der Waals surface area contributed by atoms with Crippen LogP contribution in [-0.2, 0) is 10.0 Å². The molecule has 2 aliphatic heterocycles. The number of rotatable bonds is 5. The van der Waals surface area contributed by atoms with Gasteiger partial charge in [-0.2, -0.15) is 0 Å². The molecule has 31 heavy (non-hydrogen) atoms. The fraction of sp³-hybridized carbons (Fsp3) is 0.316. The van der Waals surface area contributed by atoms with Crippen molar-refractivity contribution in [2.75, 3.05) is 18.0 Å². The van der Waals surface area contributed by atoms with Gasteiger partial charge in [0.1, 0.15) is 5.75 Å². The highest BCUT2D eigenvalue weighted by Crippen LogP contribution is 2.35. The van der Waals surface area contributed by atoms with Gasteiger partial charge in [0.05, 0.1) is 17.0 Å². The minimum atomic E-state index is -4.80. The molecule has 2 aliphatic rings. The number of carbonyl (C=O) groups is 1. The molecule has 2 saturated heterocycles. The van der Waals surface area contributed by atoms with Crippen molar-refractivity contribution in [1.82, 2.24) is 8.72 Å². The quantitative estimate of drug-likeness (QED) is 0.617. The van der Waals surface area contributed by atoms with Crippen molar-refractivity contribution in [2.24, 2.45) is 0 Å². The molecule has 0 aliphatic carbocycles. The monoisotopic (exact) mass is 475 g/mol. The standard InChI is InChI=1S/C19H17ClF3N3O4S/c20-26(31(28,29)17-4-2-1-3-5-17)15-10-14-11-24(18(27)25(14)12-15)13-6-8-16(9-7-13)30-19(21,22)23/h1-9,14-15H,10-12H2/t14-,15-/m0/s1. The number of hydrogen-bond donors (Lipinski definition) is 0. The van der Waals surface area contributed by atoms with E-state index in [1.165, 1.54) is 34.1 Å². The first-order valence-corrected chi connectivity index (χ1v) is 11.0. The van der Waals surface area contributed by atoms with Crippen LogP contribution in [0.15, 0.2) is 59.5 Å². The topological polar surface area (TPSA) is 70.2 Å². The van der Waals surface area contributed by atoms with Gasteiger partial charge < -0.3 is 9.64 Å². The Kier molecular flexibility index (Phi) is 5.52. The Morgan fingerprint density at radius 1 is 1.03 bits per heavy atom. The van der Waals surface area contributed by atoms with Crippen LogP contribution in [0.2, 0.25) is 0 Å². The van der Waals surface area contributed by atoms with Crippen LogP contribution in [0.5, 0.6) is 5.75 Å². The maximum atomic E-state index is 12.8. The lowest BCUT2D eigenvalue weighted by molar-refractivity contribution is -0.274. The molecule has 0 bridgehead atoms. The number of fused-ring (bicyclic) bond motifs is 1. The van der Waals surface area contributed by atoms with Gasteiger partial charge in [-0.25, -0.2) is 13.2 Å². The van der Waals surface area contributed by atoms with Crippen molar-refractivity contribution in [3.05, 3.63) is 54.6 Å². The minimum Gasteiger partial charge on any atom is -0.406 e. The van der Waals surface area contributed by atoms with Gasteiger partial charge >= 0.3 is 12.4 Å². The summed E-state index contributed by atoms with van der Waals surface area (Å²) in [6, 6.07) is 11.6. The molecule has 166 valence electrons. The van der Waals surface area contributed by atoms with Gasteiger partial charge in [0.2, 0.25) is 0 Å². The summed E-state index contributed by atoms with van der Waals surface area (Å²) in [7, 11) is -3.91. The van der Waals surface area contributed by atoms with E-state index in [2.05, 4.69) is 4.74 Å². The normalized spacial score (nSPS) is 21.6. The van der Waals surface area contributed by atoms with E-state index in [1.807, 2.05) is 0 Å². The average molecular weight is 476 g/mol. The van der Waals surface area contributed by atoms with Crippen LogP contribution in [-0.4, -0.2) is 54.7 Å². The SMILES string of the molecule is O=C1N(c2ccc(OC(F)(F)F)cc2)C[C@@H]2C[C@H](N(Cl)S(=O)(=O)c3ccccc3)CN12. The van der Waals surface area contributed by atoms with Crippen molar-refractivity contribution in [1.29, 1.82) is 0 Å². The van der Waals surface area contributed by atoms with E-state index >= 15 is 0 Å². The predicted octanol–water partition coefficient (Wildman–Crippen LogP) is 3.81. The molecular formula is C19H17ClF3N3O4S. The van der Waals surface area contributed by atoms with Crippen molar-refractivity contribution in [3.63, 3.8) is 0 Å². The number of benzene rings is 2. The molecule has 0 radical (unpaired) electrons. The second-order valence-corrected chi connectivity index (χ2v) is 9.57. The van der Waals surface area contributed by atoms with Gasteiger partial charge in [-0.1, -0.05) is 18.2 Å². The summed E-state index contributed by atoms with van der Waals surface area (Å²) in [5, 5.41) is 0. The van der Waals surface area contributed by atoms with Crippen LogP contribution < -0.4 is 9.64 Å². The average Bonchev–Trinajstić information content (AvgIpc) is 3.27. The molecule has 0 unspecified atom stereocenters. The summed E-state index contributed by atoms with van der Waals surface area (Å²) in [4.78, 5) is 15.8. The lowest BCUT2D eigenvalue weighted by Crippen LogP contribution is -2.39. The summed E-state index contributed by atoms with van der Waals surface area (Å²) < 4.78 is 67.0. The highest BCUT2D eigenvalue weighted by atomic mass is 35.5. The fourth-order valence-electron chi connectivity index (χ4n) is 3.82. The zero-order chi connectivity index (χ0) is 22.4. The zero-order valence-corrected chi connectivity index (χ0v) is 17.4. The van der Waals surface area contributed by atoms with E-state index in [0.717, 1.165) is 16.0 Å². The van der Waals surface area contributed by atoms with Gasteiger partial charge in [0, 0.05) is 18.8 Å². The van der Waals surface area contributed by atoms with Crippen molar-refractivity contribution in [3.8, 4) is 5.75 Å². The third-order valence-electron chi connectivity index (χ3n) is 5.20. The first-order valence-electron chi connectivity index (χ1n) is 9.25. The Morgan fingerprint density at radius 3 is 2.26 bits per heavy atom. The Balaban J connectivity index is 1.44. The number of hydrogen-bond acceptors (Lipinski definition) is 4. The van der Waals surface area contributed by atoms with Crippen molar-refractivity contribution < 1.29 is 31.1 Å². The molecule has 0 aromatic heterocycles. The van der Waals surface area contributed by atoms with Crippen molar-refractivity contribution >= 4 is 33.5 Å². The predicted molar refractivity (Wildman–Crippen MR) is 106 cm³/mol. The van der Waals surface area contributed by atoms with Crippen LogP contribution in [0.3, 0.4) is 0 Å². The molecule has 0 saturated carbocycles. The Labute approximate surface area is 181 Å². The molecule has 12 heteroatoms. The number of nitrogens with zero attached hydrogens (tertiary/aromatic N) is 3. The van der Waals surface area contributed by atoms with Crippen LogP contribution in [0.4, 0.5) is 23.7 Å². The third-order valence-corrected chi connectivity index (χ3v) is 7.65. The van der Waals surface area contributed by atoms with E-state index in [1.54, 1.807) is 18.2 Å². The third kappa shape index (κ3) is 4.30. The summed E-state index contributed by atoms with van der Waals surface area (Å²) >= 11 is 6.18. The molecular weight excluding hydrogens is 459 g/mol. The van der Waals surface area contributed by atoms with E-state index in [0.29, 0.717) is 12.1 Å². The van der Waals surface area contributed by atoms with E-state index in [-0.39, 0.29) is 35.8 Å². The number of halogens is 4. The molecule has 4 rings (SSSR count). The Bertz CT molecular complexity index is 1070. The molecule has 0 spiro atoms. The molecule has 0 N–H and O–H groups in total. The van der Waals surface area contributed by atoms with Crippen LogP contribution in [0.25, 0.3) is 0 Å². The Morgan fingerprint density at radius 2 is 1.68 bits per heavy atom. The Hall–Kier alpha value is -2.50. The number of ether oxygens (including phenoxy) is 1. The van der Waals surface area contributed by atoms with Crippen LogP contribution in [0.1, 0.15) is 6.42 Å². The lowest BCUT2D eigenvalue weighted by atomic mass is 10.2. The number of carbonyl (C=O) groups excluding carboxylic acids is 1. The van der Waals surface area contributed by atoms with Gasteiger partial charge in [-0.3, -0.25) is 4.90 Å². The summed E-state index contributed by atoms with van der Waals surface area (Å²) in [5.74, 6) is -0.382. The van der Waals surface area contributed by atoms with Gasteiger partial charge in [-0.15, -0.1) is 17.0 Å². The van der Waals surface area contributed by atoms with Crippen molar-refractivity contribution in [2.45, 2.75) is 29.8 Å². The molecule has 7 nitrogen and oxygen atoms in total. The van der Waals surface area contributed by atoms with E-state index in [9.17, 15) is 26.4 Å². The number of urea groups is 1. The molecule has 2 aromatic rings. The maximum Gasteiger partial charge on any atom is 0.573 e. The van der Waals surface area contributed by atoms with Gasteiger partial charge in [0.15, 0.2) is 0 Å². The second kappa shape index (κ2) is 7.88. The molecule has 2 amide bonds. The fourth-order valence-corrected chi connectivity index (χ4v) is 5.45. The first-order chi connectivity index (χ1) is 14.6. The minimum absolute atomic E-state index is 0.0613. The van der Waals surface area contributed by atoms with E-state index in [4.69, 9.17) is 11.8 Å². The summed E-state index contributed by atoms with van der Waals surface area (Å²) in [6.45, 7) is 0.385. The smallest absolute Gasteiger partial charge is 0.406 e. The molecule has 2 heterocycles. The number of amides is 2. The second-order valence-electron chi connectivity index (χ2n) is 7.19. The van der Waals surface area contributed by atoms with Gasteiger partial charge in [0.25, 0.3) is 10.0 Å². The maximum absolute atomic E-state index is 12.8. The summed E-state index contributed by atoms with van der Waals surface area (Å²) in [6.07, 6.45) is -4.46. The van der Waals surface area contributed by atoms with E-state index < -0.39 is 22.4 Å². The summed E-state index contributed by atoms with van der Waals surface area (Å²) in [5.41, 5.74) is 0.421. The van der Waals surface area contributed by atoms with Gasteiger partial charge in [-0.05, 0) is 54.6 Å². The highest BCUT2D eigenvalue weighted by molar-refractivity contribution is 7.90. The number of alkyl halides is 3. The van der Waals surface area contributed by atoms with Crippen LogP contribution in [0, 0.1) is 0 Å². The number of sulfonamides is 1. The molecule has 2 aromatic carbocycles. The largest absolute Gasteiger partial charge is 0.573 e. The van der Waals surface area contributed by atoms with Crippen LogP contribution >= 0.6 is 11.8 Å². The molecule has 2 fully saturated rings. The lowest BCUT2D eigenvalue weighted by Gasteiger charge is -2.23. The highest BCUT2D eigenvalue weighted by Gasteiger charge is 2.48.